The van der Waals surface area contributed by atoms with E-state index in [1.807, 2.05) is 0 Å². The summed E-state index contributed by atoms with van der Waals surface area (Å²) in [7, 11) is 0. The molecule has 0 unspecified atom stereocenters. The van der Waals surface area contributed by atoms with Gasteiger partial charge in [0.1, 0.15) is 5.75 Å². The fourth-order valence-electron chi connectivity index (χ4n) is 1.73. The summed E-state index contributed by atoms with van der Waals surface area (Å²) in [6.07, 6.45) is -0.120. The van der Waals surface area contributed by atoms with Crippen molar-refractivity contribution in [3.05, 3.63) is 54.4 Å². The molecule has 1 aromatic heterocycles. The van der Waals surface area contributed by atoms with Gasteiger partial charge in [0, 0.05) is 11.8 Å². The summed E-state index contributed by atoms with van der Waals surface area (Å²) >= 11 is 0. The minimum absolute atomic E-state index is 0.0777. The topological polar surface area (TPSA) is 39.2 Å². The molecule has 1 heterocycles. The van der Waals surface area contributed by atoms with Crippen molar-refractivity contribution in [1.82, 2.24) is 4.98 Å². The van der Waals surface area contributed by atoms with E-state index < -0.39 is 6.36 Å². The van der Waals surface area contributed by atoms with Gasteiger partial charge in [0.25, 0.3) is 0 Å². The van der Waals surface area contributed by atoms with Crippen molar-refractivity contribution in [1.29, 1.82) is 0 Å². The molecule has 0 aliphatic heterocycles. The van der Waals surface area contributed by atoms with Crippen molar-refractivity contribution < 1.29 is 22.7 Å². The largest absolute Gasteiger partial charge is 0.573 e. The fraction of sp³-hybridized carbons (Fsp3) is 0.125. The zero-order valence-electron chi connectivity index (χ0n) is 11.6. The van der Waals surface area contributed by atoms with Crippen molar-refractivity contribution >= 4 is 11.9 Å². The van der Waals surface area contributed by atoms with E-state index in [4.69, 9.17) is 0 Å². The van der Waals surface area contributed by atoms with Gasteiger partial charge in [-0.3, -0.25) is 9.78 Å². The van der Waals surface area contributed by atoms with E-state index in [1.54, 1.807) is 24.4 Å². The second kappa shape index (κ2) is 6.43. The summed E-state index contributed by atoms with van der Waals surface area (Å²) < 4.78 is 40.0. The summed E-state index contributed by atoms with van der Waals surface area (Å²) in [6, 6.07) is 9.01. The average molecular weight is 307 g/mol. The van der Waals surface area contributed by atoms with Crippen LogP contribution in [-0.4, -0.2) is 17.1 Å². The van der Waals surface area contributed by atoms with Crippen LogP contribution in [0.15, 0.2) is 48.7 Å². The number of carbonyl (C=O) groups is 1. The molecule has 0 saturated heterocycles. The van der Waals surface area contributed by atoms with Crippen LogP contribution in [0.25, 0.3) is 17.2 Å². The van der Waals surface area contributed by atoms with Crippen molar-refractivity contribution in [2.75, 3.05) is 0 Å². The van der Waals surface area contributed by atoms with E-state index in [-0.39, 0.29) is 11.5 Å². The number of benzene rings is 1. The lowest BCUT2D eigenvalue weighted by Crippen LogP contribution is -2.16. The van der Waals surface area contributed by atoms with Gasteiger partial charge in [-0.2, -0.15) is 0 Å². The molecule has 0 fully saturated rings. The number of rotatable bonds is 4. The second-order valence-corrected chi connectivity index (χ2v) is 4.49. The number of nitrogens with zero attached hydrogens (tertiary/aromatic N) is 1. The molecule has 2 rings (SSSR count). The van der Waals surface area contributed by atoms with Gasteiger partial charge in [-0.05, 0) is 42.8 Å². The molecule has 0 saturated carbocycles. The molecular weight excluding hydrogens is 295 g/mol. The van der Waals surface area contributed by atoms with Crippen LogP contribution in [0.5, 0.6) is 5.75 Å². The zero-order valence-corrected chi connectivity index (χ0v) is 11.6. The van der Waals surface area contributed by atoms with Crippen LogP contribution in [0.3, 0.4) is 0 Å². The predicted molar refractivity (Wildman–Crippen MR) is 76.1 cm³/mol. The van der Waals surface area contributed by atoms with Gasteiger partial charge in [0.05, 0.1) is 5.69 Å². The van der Waals surface area contributed by atoms with Gasteiger partial charge in [0.15, 0.2) is 5.78 Å². The molecule has 0 atom stereocenters. The molecule has 6 heteroatoms. The molecule has 22 heavy (non-hydrogen) atoms. The number of aromatic nitrogens is 1. The number of ether oxygens (including phenoxy) is 1. The normalized spacial score (nSPS) is 11.6. The van der Waals surface area contributed by atoms with Gasteiger partial charge in [0.2, 0.25) is 0 Å². The maximum atomic E-state index is 12.1. The highest BCUT2D eigenvalue weighted by Gasteiger charge is 2.30. The number of allylic oxidation sites excluding steroid dienone is 1. The standard InChI is InChI=1S/C16H12F3NO2/c1-11(21)2-6-14-7-3-13(10-20-14)12-4-8-15(9-5-12)22-16(17,18)19/h2-10H,1H3/b6-2+. The Kier molecular flexibility index (Phi) is 4.60. The van der Waals surface area contributed by atoms with Crippen LogP contribution >= 0.6 is 0 Å². The maximum absolute atomic E-state index is 12.1. The fourth-order valence-corrected chi connectivity index (χ4v) is 1.73. The van der Waals surface area contributed by atoms with E-state index >= 15 is 0 Å². The van der Waals surface area contributed by atoms with Gasteiger partial charge in [-0.15, -0.1) is 13.2 Å². The highest BCUT2D eigenvalue weighted by atomic mass is 19.4. The van der Waals surface area contributed by atoms with Gasteiger partial charge >= 0.3 is 6.36 Å². The molecule has 0 aliphatic rings. The van der Waals surface area contributed by atoms with Gasteiger partial charge < -0.3 is 4.74 Å². The SMILES string of the molecule is CC(=O)/C=C/c1ccc(-c2ccc(OC(F)(F)F)cc2)cn1. The Morgan fingerprint density at radius 3 is 2.23 bits per heavy atom. The van der Waals surface area contributed by atoms with E-state index in [2.05, 4.69) is 9.72 Å². The Labute approximate surface area is 125 Å². The van der Waals surface area contributed by atoms with Crippen LogP contribution in [-0.2, 0) is 4.79 Å². The molecule has 0 aliphatic carbocycles. The molecule has 1 aromatic carbocycles. The number of alkyl halides is 3. The summed E-state index contributed by atoms with van der Waals surface area (Å²) in [5, 5.41) is 0. The highest BCUT2D eigenvalue weighted by molar-refractivity contribution is 5.91. The summed E-state index contributed by atoms with van der Waals surface area (Å²) in [5.74, 6) is -0.351. The molecule has 0 spiro atoms. The Bertz CT molecular complexity index is 674. The summed E-state index contributed by atoms with van der Waals surface area (Å²) in [4.78, 5) is 15.0. The van der Waals surface area contributed by atoms with Gasteiger partial charge in [-0.25, -0.2) is 0 Å². The zero-order chi connectivity index (χ0) is 16.2. The Morgan fingerprint density at radius 1 is 1.09 bits per heavy atom. The Balaban J connectivity index is 2.13. The molecule has 3 nitrogen and oxygen atoms in total. The number of pyridine rings is 1. The monoisotopic (exact) mass is 307 g/mol. The second-order valence-electron chi connectivity index (χ2n) is 4.49. The lowest BCUT2D eigenvalue weighted by Gasteiger charge is -2.09. The molecule has 0 amide bonds. The number of hydrogen-bond acceptors (Lipinski definition) is 3. The first kappa shape index (κ1) is 15.8. The van der Waals surface area contributed by atoms with Crippen LogP contribution < -0.4 is 4.74 Å². The number of carbonyl (C=O) groups excluding carboxylic acids is 1. The first-order valence-electron chi connectivity index (χ1n) is 6.34. The maximum Gasteiger partial charge on any atom is 0.573 e. The van der Waals surface area contributed by atoms with Crippen LogP contribution in [0.1, 0.15) is 12.6 Å². The molecule has 0 N–H and O–H groups in total. The van der Waals surface area contributed by atoms with Crippen molar-refractivity contribution in [3.63, 3.8) is 0 Å². The Hall–Kier alpha value is -2.63. The third kappa shape index (κ3) is 4.73. The minimum Gasteiger partial charge on any atom is -0.406 e. The Morgan fingerprint density at radius 2 is 1.73 bits per heavy atom. The third-order valence-corrected chi connectivity index (χ3v) is 2.70. The minimum atomic E-state index is -4.70. The molecule has 0 bridgehead atoms. The number of ketones is 1. The van der Waals surface area contributed by atoms with Gasteiger partial charge in [-0.1, -0.05) is 18.2 Å². The van der Waals surface area contributed by atoms with E-state index in [0.717, 1.165) is 5.56 Å². The predicted octanol–water partition coefficient (Wildman–Crippen LogP) is 4.25. The van der Waals surface area contributed by atoms with E-state index in [0.29, 0.717) is 11.3 Å². The van der Waals surface area contributed by atoms with Crippen LogP contribution in [0, 0.1) is 0 Å². The van der Waals surface area contributed by atoms with E-state index in [9.17, 15) is 18.0 Å². The smallest absolute Gasteiger partial charge is 0.406 e. The lowest BCUT2D eigenvalue weighted by molar-refractivity contribution is -0.274. The van der Waals surface area contributed by atoms with Crippen LogP contribution in [0.2, 0.25) is 0 Å². The quantitative estimate of drug-likeness (QED) is 0.793. The van der Waals surface area contributed by atoms with Crippen molar-refractivity contribution in [2.45, 2.75) is 13.3 Å². The van der Waals surface area contributed by atoms with Crippen molar-refractivity contribution in [2.24, 2.45) is 0 Å². The summed E-state index contributed by atoms with van der Waals surface area (Å²) in [5.41, 5.74) is 2.08. The van der Waals surface area contributed by atoms with Crippen LogP contribution in [0.4, 0.5) is 13.2 Å². The van der Waals surface area contributed by atoms with E-state index in [1.165, 1.54) is 37.3 Å². The molecule has 114 valence electrons. The molecule has 2 aromatic rings. The summed E-state index contributed by atoms with van der Waals surface area (Å²) in [6.45, 7) is 1.44. The first-order chi connectivity index (χ1) is 10.3. The molecule has 0 radical (unpaired) electrons. The highest BCUT2D eigenvalue weighted by Crippen LogP contribution is 2.26. The number of hydrogen-bond donors (Lipinski definition) is 0. The first-order valence-corrected chi connectivity index (χ1v) is 6.34. The lowest BCUT2D eigenvalue weighted by atomic mass is 10.1. The third-order valence-electron chi connectivity index (χ3n) is 2.70. The molecular formula is C16H12F3NO2. The van der Waals surface area contributed by atoms with Crippen molar-refractivity contribution in [3.8, 4) is 16.9 Å². The number of halogens is 3. The average Bonchev–Trinajstić information content (AvgIpc) is 2.45.